The molecule has 0 aliphatic carbocycles. The van der Waals surface area contributed by atoms with Crippen molar-refractivity contribution >= 4 is 11.8 Å². The van der Waals surface area contributed by atoms with E-state index in [2.05, 4.69) is 15.3 Å². The van der Waals surface area contributed by atoms with E-state index in [1.165, 1.54) is 0 Å². The summed E-state index contributed by atoms with van der Waals surface area (Å²) in [6.07, 6.45) is -3.83. The average Bonchev–Trinajstić information content (AvgIpc) is 2.15. The Hall–Kier alpha value is -1.53. The van der Waals surface area contributed by atoms with Crippen LogP contribution in [0.5, 0.6) is 0 Å². The molecule has 7 heteroatoms. The molecular weight excluding hydrogens is 233 g/mol. The Bertz CT molecular complexity index is 390. The molecule has 0 saturated heterocycles. The van der Waals surface area contributed by atoms with Crippen molar-refractivity contribution < 1.29 is 13.2 Å². The lowest BCUT2D eigenvalue weighted by atomic mass is 10.1. The molecule has 0 radical (unpaired) electrons. The molecule has 96 valence electrons. The van der Waals surface area contributed by atoms with Gasteiger partial charge in [-0.3, -0.25) is 0 Å². The summed E-state index contributed by atoms with van der Waals surface area (Å²) >= 11 is 0. The highest BCUT2D eigenvalue weighted by atomic mass is 19.4. The van der Waals surface area contributed by atoms with Gasteiger partial charge in [-0.05, 0) is 12.8 Å². The van der Waals surface area contributed by atoms with Gasteiger partial charge in [-0.15, -0.1) is 0 Å². The molecule has 0 aliphatic rings. The first-order valence-corrected chi connectivity index (χ1v) is 5.18. The molecule has 1 aromatic rings. The van der Waals surface area contributed by atoms with E-state index in [-0.39, 0.29) is 12.0 Å². The summed E-state index contributed by atoms with van der Waals surface area (Å²) in [6.45, 7) is 5.85. The minimum absolute atomic E-state index is 0.0473. The number of hydrogen-bond acceptors (Lipinski definition) is 4. The lowest BCUT2D eigenvalue weighted by Gasteiger charge is -2.18. The first-order valence-electron chi connectivity index (χ1n) is 5.18. The summed E-state index contributed by atoms with van der Waals surface area (Å²) in [4.78, 5) is 7.20. The van der Waals surface area contributed by atoms with Crippen molar-refractivity contribution in [1.29, 1.82) is 0 Å². The highest BCUT2D eigenvalue weighted by molar-refractivity contribution is 5.44. The zero-order valence-corrected chi connectivity index (χ0v) is 9.84. The van der Waals surface area contributed by atoms with E-state index in [0.29, 0.717) is 12.1 Å². The lowest BCUT2D eigenvalue weighted by molar-refractivity contribution is -0.137. The monoisotopic (exact) mass is 248 g/mol. The minimum atomic E-state index is -4.52. The van der Waals surface area contributed by atoms with E-state index in [1.807, 2.05) is 20.8 Å². The summed E-state index contributed by atoms with van der Waals surface area (Å²) in [5.74, 6) is -0.148. The van der Waals surface area contributed by atoms with Crippen LogP contribution in [0.2, 0.25) is 0 Å². The van der Waals surface area contributed by atoms with Gasteiger partial charge in [-0.1, -0.05) is 13.8 Å². The zero-order valence-electron chi connectivity index (χ0n) is 9.84. The predicted molar refractivity (Wildman–Crippen MR) is 59.4 cm³/mol. The number of halogens is 3. The fraction of sp³-hybridized carbons (Fsp3) is 0.600. The smallest absolute Gasteiger partial charge is 0.383 e. The Balaban J connectivity index is 2.90. The first-order chi connectivity index (χ1) is 7.71. The van der Waals surface area contributed by atoms with Crippen LogP contribution >= 0.6 is 0 Å². The molecule has 3 N–H and O–H groups in total. The van der Waals surface area contributed by atoms with Crippen LogP contribution < -0.4 is 11.1 Å². The Morgan fingerprint density at radius 1 is 1.29 bits per heavy atom. The van der Waals surface area contributed by atoms with E-state index in [0.717, 1.165) is 0 Å². The van der Waals surface area contributed by atoms with Crippen LogP contribution in [0, 0.1) is 5.92 Å². The van der Waals surface area contributed by atoms with Gasteiger partial charge in [0.05, 0.1) is 0 Å². The zero-order chi connectivity index (χ0) is 13.2. The molecule has 17 heavy (non-hydrogen) atoms. The van der Waals surface area contributed by atoms with E-state index < -0.39 is 17.6 Å². The summed E-state index contributed by atoms with van der Waals surface area (Å²) < 4.78 is 37.2. The van der Waals surface area contributed by atoms with Gasteiger partial charge in [-0.25, -0.2) is 4.98 Å². The number of anilines is 2. The molecule has 0 unspecified atom stereocenters. The largest absolute Gasteiger partial charge is 0.421 e. The first kappa shape index (κ1) is 13.5. The third-order valence-electron chi connectivity index (χ3n) is 2.48. The van der Waals surface area contributed by atoms with Crippen molar-refractivity contribution in [3.63, 3.8) is 0 Å². The molecule has 0 amide bonds. The molecule has 0 fully saturated rings. The maximum Gasteiger partial charge on any atom is 0.421 e. The number of nitrogens with one attached hydrogen (secondary N) is 1. The van der Waals surface area contributed by atoms with Crippen LogP contribution in [0.3, 0.4) is 0 Å². The summed E-state index contributed by atoms with van der Waals surface area (Å²) in [5, 5.41) is 2.89. The summed E-state index contributed by atoms with van der Waals surface area (Å²) in [7, 11) is 0. The Morgan fingerprint density at radius 2 is 1.88 bits per heavy atom. The number of nitrogen functional groups attached to an aromatic ring is 1. The second-order valence-corrected chi connectivity index (χ2v) is 4.17. The van der Waals surface area contributed by atoms with Gasteiger partial charge in [0.2, 0.25) is 5.95 Å². The van der Waals surface area contributed by atoms with Crippen LogP contribution in [0.4, 0.5) is 24.9 Å². The third kappa shape index (κ3) is 3.47. The molecule has 4 nitrogen and oxygen atoms in total. The van der Waals surface area contributed by atoms with Gasteiger partial charge in [0, 0.05) is 12.2 Å². The van der Waals surface area contributed by atoms with E-state index in [9.17, 15) is 13.2 Å². The normalized spacial score (nSPS) is 13.8. The quantitative estimate of drug-likeness (QED) is 0.862. The second kappa shape index (κ2) is 4.77. The van der Waals surface area contributed by atoms with Crippen molar-refractivity contribution in [2.45, 2.75) is 33.0 Å². The molecule has 1 atom stereocenters. The van der Waals surface area contributed by atoms with Gasteiger partial charge in [0.1, 0.15) is 11.4 Å². The molecule has 0 aromatic carbocycles. The highest BCUT2D eigenvalue weighted by Crippen LogP contribution is 2.32. The highest BCUT2D eigenvalue weighted by Gasteiger charge is 2.34. The molecular formula is C10H15F3N4. The molecule has 0 saturated carbocycles. The number of alkyl halides is 3. The Kier molecular flexibility index (Phi) is 3.79. The Labute approximate surface area is 97.4 Å². The standard InChI is InChI=1S/C10H15F3N4/c1-5(2)6(3)16-9-15-4-7(8(14)17-9)10(11,12)13/h4-6H,1-3H3,(H3,14,15,16,17)/t6-/m1/s1. The molecule has 0 bridgehead atoms. The maximum atomic E-state index is 12.4. The van der Waals surface area contributed by atoms with Gasteiger partial charge < -0.3 is 11.1 Å². The van der Waals surface area contributed by atoms with E-state index in [1.54, 1.807) is 0 Å². The fourth-order valence-electron chi connectivity index (χ4n) is 1.05. The summed E-state index contributed by atoms with van der Waals surface area (Å²) in [6, 6.07) is 0.0473. The van der Waals surface area contributed by atoms with Gasteiger partial charge in [-0.2, -0.15) is 18.2 Å². The lowest BCUT2D eigenvalue weighted by Crippen LogP contribution is -2.23. The fourth-order valence-corrected chi connectivity index (χ4v) is 1.05. The number of nitrogens with two attached hydrogens (primary N) is 1. The van der Waals surface area contributed by atoms with Gasteiger partial charge >= 0.3 is 6.18 Å². The molecule has 0 aliphatic heterocycles. The van der Waals surface area contributed by atoms with Crippen LogP contribution in [0.1, 0.15) is 26.3 Å². The van der Waals surface area contributed by atoms with Crippen LogP contribution in [-0.2, 0) is 6.18 Å². The van der Waals surface area contributed by atoms with Crippen LogP contribution in [-0.4, -0.2) is 16.0 Å². The van der Waals surface area contributed by atoms with Crippen molar-refractivity contribution in [2.75, 3.05) is 11.1 Å². The topological polar surface area (TPSA) is 63.8 Å². The number of rotatable bonds is 3. The number of nitrogens with zero attached hydrogens (tertiary/aromatic N) is 2. The number of aromatic nitrogens is 2. The molecule has 1 rings (SSSR count). The van der Waals surface area contributed by atoms with E-state index >= 15 is 0 Å². The van der Waals surface area contributed by atoms with Crippen molar-refractivity contribution in [2.24, 2.45) is 5.92 Å². The number of hydrogen-bond donors (Lipinski definition) is 2. The van der Waals surface area contributed by atoms with Crippen molar-refractivity contribution in [3.8, 4) is 0 Å². The maximum absolute atomic E-state index is 12.4. The SMILES string of the molecule is CC(C)[C@@H](C)Nc1ncc(C(F)(F)F)c(N)n1. The molecule has 1 aromatic heterocycles. The van der Waals surface area contributed by atoms with Crippen LogP contribution in [0.15, 0.2) is 6.20 Å². The van der Waals surface area contributed by atoms with Crippen molar-refractivity contribution in [1.82, 2.24) is 9.97 Å². The average molecular weight is 248 g/mol. The van der Waals surface area contributed by atoms with Gasteiger partial charge in [0.25, 0.3) is 0 Å². The van der Waals surface area contributed by atoms with E-state index in [4.69, 9.17) is 5.73 Å². The predicted octanol–water partition coefficient (Wildman–Crippen LogP) is 2.53. The van der Waals surface area contributed by atoms with Crippen molar-refractivity contribution in [3.05, 3.63) is 11.8 Å². The molecule has 1 heterocycles. The summed E-state index contributed by atoms with van der Waals surface area (Å²) in [5.41, 5.74) is 4.23. The third-order valence-corrected chi connectivity index (χ3v) is 2.48. The van der Waals surface area contributed by atoms with Crippen LogP contribution in [0.25, 0.3) is 0 Å². The van der Waals surface area contributed by atoms with Gasteiger partial charge in [0.15, 0.2) is 0 Å². The Morgan fingerprint density at radius 3 is 2.29 bits per heavy atom. The second-order valence-electron chi connectivity index (χ2n) is 4.17. The minimum Gasteiger partial charge on any atom is -0.383 e. The molecule has 0 spiro atoms.